The minimum atomic E-state index is -0.310. The molecule has 0 aliphatic carbocycles. The number of ether oxygens (including phenoxy) is 1. The van der Waals surface area contributed by atoms with Crippen molar-refractivity contribution in [1.82, 2.24) is 9.97 Å². The number of nitrogen functional groups attached to an aromatic ring is 1. The first-order valence-corrected chi connectivity index (χ1v) is 7.92. The highest BCUT2D eigenvalue weighted by molar-refractivity contribution is 6.04. The molecule has 132 valence electrons. The highest BCUT2D eigenvalue weighted by atomic mass is 19.1. The minimum absolute atomic E-state index is 0.310. The predicted molar refractivity (Wildman–Crippen MR) is 104 cm³/mol. The van der Waals surface area contributed by atoms with E-state index >= 15 is 0 Å². The average molecular weight is 350 g/mol. The number of nitrogens with two attached hydrogens (primary N) is 2. The van der Waals surface area contributed by atoms with Gasteiger partial charge in [0.05, 0.1) is 18.2 Å². The molecule has 0 saturated heterocycles. The van der Waals surface area contributed by atoms with Gasteiger partial charge in [-0.1, -0.05) is 18.7 Å². The van der Waals surface area contributed by atoms with Crippen LogP contribution in [0.15, 0.2) is 61.3 Å². The Morgan fingerprint density at radius 2 is 2.04 bits per heavy atom. The summed E-state index contributed by atoms with van der Waals surface area (Å²) < 4.78 is 18.9. The van der Waals surface area contributed by atoms with E-state index in [1.54, 1.807) is 37.5 Å². The van der Waals surface area contributed by atoms with Crippen LogP contribution >= 0.6 is 0 Å². The van der Waals surface area contributed by atoms with Gasteiger partial charge in [0.25, 0.3) is 0 Å². The molecule has 2 heterocycles. The molecule has 0 amide bonds. The van der Waals surface area contributed by atoms with Crippen LogP contribution in [0.4, 0.5) is 10.2 Å². The Bertz CT molecular complexity index is 1020. The van der Waals surface area contributed by atoms with E-state index in [1.807, 2.05) is 6.08 Å². The van der Waals surface area contributed by atoms with Crippen LogP contribution in [0.1, 0.15) is 5.56 Å². The van der Waals surface area contributed by atoms with E-state index in [0.717, 1.165) is 27.8 Å². The van der Waals surface area contributed by atoms with E-state index in [4.69, 9.17) is 16.2 Å². The second kappa shape index (κ2) is 7.14. The molecule has 26 heavy (non-hydrogen) atoms. The fraction of sp³-hybridized carbons (Fsp3) is 0.0500. The van der Waals surface area contributed by atoms with E-state index in [1.165, 1.54) is 18.3 Å². The smallest absolute Gasteiger partial charge is 0.144 e. The minimum Gasteiger partial charge on any atom is -0.496 e. The summed E-state index contributed by atoms with van der Waals surface area (Å²) in [6, 6.07) is 7.85. The molecule has 0 radical (unpaired) electrons. The lowest BCUT2D eigenvalue weighted by Gasteiger charge is -2.09. The third-order valence-corrected chi connectivity index (χ3v) is 3.96. The van der Waals surface area contributed by atoms with Crippen LogP contribution < -0.4 is 16.2 Å². The summed E-state index contributed by atoms with van der Waals surface area (Å²) in [7, 11) is 1.57. The van der Waals surface area contributed by atoms with Crippen molar-refractivity contribution in [2.45, 2.75) is 0 Å². The fourth-order valence-electron chi connectivity index (χ4n) is 2.91. The molecule has 0 spiro atoms. The lowest BCUT2D eigenvalue weighted by Crippen LogP contribution is -1.94. The van der Waals surface area contributed by atoms with Crippen molar-refractivity contribution in [1.29, 1.82) is 0 Å². The van der Waals surface area contributed by atoms with Crippen molar-refractivity contribution < 1.29 is 9.13 Å². The van der Waals surface area contributed by atoms with E-state index in [2.05, 4.69) is 16.5 Å². The van der Waals surface area contributed by atoms with Crippen molar-refractivity contribution in [3.63, 3.8) is 0 Å². The van der Waals surface area contributed by atoms with Crippen LogP contribution in [-0.4, -0.2) is 17.1 Å². The topological polar surface area (TPSA) is 90.0 Å². The summed E-state index contributed by atoms with van der Waals surface area (Å²) in [6.07, 6.45) is 6.70. The molecule has 6 heteroatoms. The number of pyridine rings is 1. The Hall–Kier alpha value is -3.54. The Labute approximate surface area is 150 Å². The van der Waals surface area contributed by atoms with Gasteiger partial charge in [0.15, 0.2) is 0 Å². The third-order valence-electron chi connectivity index (χ3n) is 3.96. The first kappa shape index (κ1) is 17.3. The van der Waals surface area contributed by atoms with Gasteiger partial charge < -0.3 is 21.2 Å². The van der Waals surface area contributed by atoms with Gasteiger partial charge in [-0.2, -0.15) is 0 Å². The lowest BCUT2D eigenvalue weighted by molar-refractivity contribution is 0.419. The van der Waals surface area contributed by atoms with Crippen LogP contribution in [0.25, 0.3) is 27.9 Å². The number of hydrogen-bond donors (Lipinski definition) is 3. The van der Waals surface area contributed by atoms with Gasteiger partial charge in [0.2, 0.25) is 0 Å². The zero-order valence-corrected chi connectivity index (χ0v) is 14.3. The maximum atomic E-state index is 13.4. The van der Waals surface area contributed by atoms with Crippen LogP contribution in [0.5, 0.6) is 5.75 Å². The molecule has 3 aromatic rings. The number of nitrogens with zero attached hydrogens (tertiary/aromatic N) is 1. The summed E-state index contributed by atoms with van der Waals surface area (Å²) in [6.45, 7) is 3.77. The first-order chi connectivity index (χ1) is 12.6. The number of rotatable bonds is 5. The Kier molecular flexibility index (Phi) is 4.75. The number of fused-ring (bicyclic) bond motifs is 1. The molecule has 5 nitrogen and oxygen atoms in total. The summed E-state index contributed by atoms with van der Waals surface area (Å²) in [5.41, 5.74) is 15.2. The average Bonchev–Trinajstić information content (AvgIpc) is 3.00. The number of benzene rings is 1. The number of allylic oxidation sites excluding steroid dienone is 4. The van der Waals surface area contributed by atoms with E-state index in [-0.39, 0.29) is 5.82 Å². The quantitative estimate of drug-likeness (QED) is 0.607. The summed E-state index contributed by atoms with van der Waals surface area (Å²) in [4.78, 5) is 7.64. The monoisotopic (exact) mass is 350 g/mol. The van der Waals surface area contributed by atoms with Gasteiger partial charge in [-0.3, -0.25) is 0 Å². The lowest BCUT2D eigenvalue weighted by atomic mass is 9.98. The maximum absolute atomic E-state index is 13.4. The second-order valence-electron chi connectivity index (χ2n) is 5.57. The molecular formula is C20H19FN4O. The number of aromatic nitrogens is 2. The predicted octanol–water partition coefficient (Wildman–Crippen LogP) is 4.00. The SMILES string of the molecule is C=C/C=C(\C=C/N)c1c(-c2ccc(F)cc2)[nH]c2nc(N)cc(OC)c12. The van der Waals surface area contributed by atoms with Crippen molar-refractivity contribution >= 4 is 22.4 Å². The molecule has 3 rings (SSSR count). The molecule has 0 unspecified atom stereocenters. The Morgan fingerprint density at radius 1 is 1.31 bits per heavy atom. The van der Waals surface area contributed by atoms with Crippen molar-refractivity contribution in [2.24, 2.45) is 5.73 Å². The molecule has 0 bridgehead atoms. The number of nitrogens with one attached hydrogen (secondary N) is 1. The van der Waals surface area contributed by atoms with Gasteiger partial charge in [-0.15, -0.1) is 0 Å². The number of hydrogen-bond acceptors (Lipinski definition) is 4. The Balaban J connectivity index is 2.43. The zero-order chi connectivity index (χ0) is 18.7. The maximum Gasteiger partial charge on any atom is 0.144 e. The number of methoxy groups -OCH3 is 1. The third kappa shape index (κ3) is 3.04. The Morgan fingerprint density at radius 3 is 2.65 bits per heavy atom. The van der Waals surface area contributed by atoms with Gasteiger partial charge >= 0.3 is 0 Å². The molecule has 0 aliphatic rings. The number of H-pyrrole nitrogens is 1. The highest BCUT2D eigenvalue weighted by Crippen LogP contribution is 2.40. The second-order valence-corrected chi connectivity index (χ2v) is 5.57. The number of halogens is 1. The van der Waals surface area contributed by atoms with E-state index in [9.17, 15) is 4.39 Å². The van der Waals surface area contributed by atoms with Gasteiger partial charge in [0, 0.05) is 11.6 Å². The molecule has 0 atom stereocenters. The fourth-order valence-corrected chi connectivity index (χ4v) is 2.91. The van der Waals surface area contributed by atoms with Crippen LogP contribution in [0.3, 0.4) is 0 Å². The van der Waals surface area contributed by atoms with E-state index in [0.29, 0.717) is 17.2 Å². The van der Waals surface area contributed by atoms with E-state index < -0.39 is 0 Å². The van der Waals surface area contributed by atoms with Crippen molar-refractivity contribution in [3.05, 3.63) is 72.7 Å². The number of aromatic amines is 1. The summed E-state index contributed by atoms with van der Waals surface area (Å²) in [5, 5.41) is 0.757. The highest BCUT2D eigenvalue weighted by Gasteiger charge is 2.20. The van der Waals surface area contributed by atoms with Crippen molar-refractivity contribution in [3.8, 4) is 17.0 Å². The van der Waals surface area contributed by atoms with Gasteiger partial charge in [0.1, 0.15) is 23.0 Å². The molecule has 0 fully saturated rings. The molecule has 1 aromatic carbocycles. The molecule has 5 N–H and O–H groups in total. The zero-order valence-electron chi connectivity index (χ0n) is 14.3. The summed E-state index contributed by atoms with van der Waals surface area (Å²) >= 11 is 0. The van der Waals surface area contributed by atoms with Gasteiger partial charge in [-0.05, 0) is 47.7 Å². The normalized spacial score (nSPS) is 12.0. The van der Waals surface area contributed by atoms with Crippen LogP contribution in [0, 0.1) is 5.82 Å². The molecule has 2 aromatic heterocycles. The summed E-state index contributed by atoms with van der Waals surface area (Å²) in [5.74, 6) is 0.596. The van der Waals surface area contributed by atoms with Crippen LogP contribution in [0.2, 0.25) is 0 Å². The van der Waals surface area contributed by atoms with Crippen LogP contribution in [-0.2, 0) is 0 Å². The van der Waals surface area contributed by atoms with Crippen molar-refractivity contribution in [2.75, 3.05) is 12.8 Å². The molecule has 0 saturated carbocycles. The number of anilines is 1. The standard InChI is InChI=1S/C20H19FN4O/c1-3-4-12(9-10-22)17-18-15(26-2)11-16(23)24-20(18)25-19(17)13-5-7-14(21)8-6-13/h3-11H,1,22H2,2H3,(H3,23,24,25)/b10-9-,12-4+. The largest absolute Gasteiger partial charge is 0.496 e. The first-order valence-electron chi connectivity index (χ1n) is 7.92. The molecular weight excluding hydrogens is 331 g/mol. The van der Waals surface area contributed by atoms with Gasteiger partial charge in [-0.25, -0.2) is 9.37 Å². The molecule has 0 aliphatic heterocycles.